The molecule has 0 aromatic carbocycles. The number of esters is 2. The van der Waals surface area contributed by atoms with Crippen molar-refractivity contribution in [1.29, 1.82) is 0 Å². The van der Waals surface area contributed by atoms with Crippen LogP contribution in [0.15, 0.2) is 0 Å². The molecule has 2 aliphatic rings. The lowest BCUT2D eigenvalue weighted by molar-refractivity contribution is -0.162. The molecule has 0 bridgehead atoms. The third-order valence-corrected chi connectivity index (χ3v) is 10.1. The van der Waals surface area contributed by atoms with Crippen molar-refractivity contribution >= 4 is 17.8 Å². The molecule has 0 saturated carbocycles. The summed E-state index contributed by atoms with van der Waals surface area (Å²) in [5, 5.41) is 7.22. The molecule has 2 fully saturated rings. The molecule has 0 radical (unpaired) electrons. The Morgan fingerprint density at radius 3 is 1.10 bits per heavy atom. The van der Waals surface area contributed by atoms with Gasteiger partial charge in [-0.05, 0) is 61.8 Å². The lowest BCUT2D eigenvalue weighted by Crippen LogP contribution is -2.60. The Morgan fingerprint density at radius 2 is 0.796 bits per heavy atom. The first-order valence-corrected chi connectivity index (χ1v) is 20.2. The number of piperidine rings is 2. The number of unbranched alkanes of at least 4 members (excludes halogenated alkanes) is 15. The smallest absolute Gasteiger partial charge is 0.325 e. The molecular weight excluding hydrogens is 614 g/mol. The summed E-state index contributed by atoms with van der Waals surface area (Å²) in [6.07, 6.45) is 22.9. The summed E-state index contributed by atoms with van der Waals surface area (Å²) in [5.74, 6) is -1.11. The van der Waals surface area contributed by atoms with Gasteiger partial charge in [0, 0.05) is 54.3 Å². The minimum Gasteiger partial charge on any atom is -0.461 e. The summed E-state index contributed by atoms with van der Waals surface area (Å²) in [6, 6.07) is 0. The van der Waals surface area contributed by atoms with Gasteiger partial charge >= 0.3 is 11.9 Å². The van der Waals surface area contributed by atoms with E-state index in [9.17, 15) is 14.4 Å². The Hall–Kier alpha value is -1.67. The minimum absolute atomic E-state index is 0.171. The maximum Gasteiger partial charge on any atom is 0.325 e. The first-order chi connectivity index (χ1) is 22.9. The maximum atomic E-state index is 13.4. The lowest BCUT2D eigenvalue weighted by atomic mass is 9.81. The molecule has 1 amide bonds. The van der Waals surface area contributed by atoms with Crippen LogP contribution < -0.4 is 10.6 Å². The highest BCUT2D eigenvalue weighted by Gasteiger charge is 2.41. The van der Waals surface area contributed by atoms with Crippen LogP contribution in [0.3, 0.4) is 0 Å². The Kier molecular flexibility index (Phi) is 18.6. The largest absolute Gasteiger partial charge is 0.461 e. The van der Waals surface area contributed by atoms with Gasteiger partial charge < -0.3 is 25.0 Å². The molecule has 2 aliphatic heterocycles. The number of nitrogens with one attached hydrogen (secondary N) is 2. The molecule has 8 nitrogen and oxygen atoms in total. The summed E-state index contributed by atoms with van der Waals surface area (Å²) in [5.41, 5.74) is -0.684. The van der Waals surface area contributed by atoms with Crippen molar-refractivity contribution in [1.82, 2.24) is 15.5 Å². The maximum absolute atomic E-state index is 13.4. The van der Waals surface area contributed by atoms with Crippen LogP contribution in [0.1, 0.15) is 197 Å². The van der Waals surface area contributed by atoms with Crippen molar-refractivity contribution in [3.8, 4) is 0 Å². The molecule has 2 saturated heterocycles. The number of hydrogen-bond acceptors (Lipinski definition) is 7. The zero-order chi connectivity index (χ0) is 36.6. The van der Waals surface area contributed by atoms with Gasteiger partial charge in [-0.15, -0.1) is 0 Å². The van der Waals surface area contributed by atoms with E-state index in [0.29, 0.717) is 32.1 Å². The lowest BCUT2D eigenvalue weighted by Gasteiger charge is -2.46. The fourth-order valence-electron chi connectivity index (χ4n) is 8.60. The Bertz CT molecular complexity index is 906. The van der Waals surface area contributed by atoms with Gasteiger partial charge in [0.25, 0.3) is 0 Å². The standard InChI is InChI=1S/C41H77N3O5/c1-10-11-12-13-14-15-16-17-18-19-20-21-22-23-24-25-26-35(45)44(31-36(46)48-33-27-38(2,3)42-39(4,5)28-33)32-37(47)49-34-29-40(6,7)43-41(8,9)30-34/h33-34,42-43H,10-32H2,1-9H3. The van der Waals surface area contributed by atoms with Crippen molar-refractivity contribution in [3.05, 3.63) is 0 Å². The summed E-state index contributed by atoms with van der Waals surface area (Å²) >= 11 is 0. The van der Waals surface area contributed by atoms with Gasteiger partial charge in [-0.2, -0.15) is 0 Å². The van der Waals surface area contributed by atoms with E-state index in [0.717, 1.165) is 19.3 Å². The Balaban J connectivity index is 1.79. The Labute approximate surface area is 301 Å². The van der Waals surface area contributed by atoms with E-state index >= 15 is 0 Å². The van der Waals surface area contributed by atoms with Crippen LogP contribution in [0.25, 0.3) is 0 Å². The van der Waals surface area contributed by atoms with Crippen LogP contribution >= 0.6 is 0 Å². The van der Waals surface area contributed by atoms with Gasteiger partial charge in [0.1, 0.15) is 25.3 Å². The van der Waals surface area contributed by atoms with Gasteiger partial charge in [0.15, 0.2) is 0 Å². The fourth-order valence-corrected chi connectivity index (χ4v) is 8.60. The molecule has 2 heterocycles. The van der Waals surface area contributed by atoms with Crippen molar-refractivity contribution in [3.63, 3.8) is 0 Å². The Morgan fingerprint density at radius 1 is 0.510 bits per heavy atom. The molecule has 0 aliphatic carbocycles. The second-order valence-corrected chi connectivity index (χ2v) is 18.1. The van der Waals surface area contributed by atoms with Crippen LogP contribution in [0.2, 0.25) is 0 Å². The molecule has 286 valence electrons. The van der Waals surface area contributed by atoms with Crippen molar-refractivity contribution in [2.24, 2.45) is 0 Å². The second-order valence-electron chi connectivity index (χ2n) is 18.1. The zero-order valence-electron chi connectivity index (χ0n) is 33.4. The molecule has 49 heavy (non-hydrogen) atoms. The number of ether oxygens (including phenoxy) is 2. The van der Waals surface area contributed by atoms with E-state index < -0.39 is 11.9 Å². The number of carbonyl (C=O) groups is 3. The monoisotopic (exact) mass is 692 g/mol. The minimum atomic E-state index is -0.462. The summed E-state index contributed by atoms with van der Waals surface area (Å²) in [7, 11) is 0. The van der Waals surface area contributed by atoms with E-state index in [1.54, 1.807) is 0 Å². The van der Waals surface area contributed by atoms with E-state index in [-0.39, 0.29) is 53.4 Å². The number of carbonyl (C=O) groups excluding carboxylic acids is 3. The average Bonchev–Trinajstić information content (AvgIpc) is 2.93. The molecule has 0 aromatic rings. The van der Waals surface area contributed by atoms with Crippen molar-refractivity contribution in [2.75, 3.05) is 13.1 Å². The average molecular weight is 692 g/mol. The number of nitrogens with zero attached hydrogens (tertiary/aromatic N) is 1. The number of amides is 1. The zero-order valence-corrected chi connectivity index (χ0v) is 33.4. The third kappa shape index (κ3) is 19.5. The van der Waals surface area contributed by atoms with Crippen LogP contribution in [0.5, 0.6) is 0 Å². The summed E-state index contributed by atoms with van der Waals surface area (Å²) < 4.78 is 11.9. The van der Waals surface area contributed by atoms with Crippen molar-refractivity contribution < 1.29 is 23.9 Å². The topological polar surface area (TPSA) is 97.0 Å². The predicted octanol–water partition coefficient (Wildman–Crippen LogP) is 9.17. The molecule has 0 unspecified atom stereocenters. The van der Waals surface area contributed by atoms with Crippen LogP contribution in [-0.4, -0.2) is 70.2 Å². The van der Waals surface area contributed by atoms with Gasteiger partial charge in [0.05, 0.1) is 0 Å². The normalized spacial score (nSPS) is 20.1. The number of rotatable bonds is 23. The molecule has 0 atom stereocenters. The molecule has 2 N–H and O–H groups in total. The van der Waals surface area contributed by atoms with E-state index in [2.05, 4.69) is 72.9 Å². The number of hydrogen-bond donors (Lipinski definition) is 2. The predicted molar refractivity (Wildman–Crippen MR) is 202 cm³/mol. The highest BCUT2D eigenvalue weighted by molar-refractivity contribution is 5.86. The van der Waals surface area contributed by atoms with E-state index in [4.69, 9.17) is 9.47 Å². The highest BCUT2D eigenvalue weighted by atomic mass is 16.6. The van der Waals surface area contributed by atoms with Gasteiger partial charge in [-0.25, -0.2) is 0 Å². The van der Waals surface area contributed by atoms with Crippen LogP contribution in [0.4, 0.5) is 0 Å². The van der Waals surface area contributed by atoms with Gasteiger partial charge in [-0.3, -0.25) is 14.4 Å². The first kappa shape index (κ1) is 43.5. The van der Waals surface area contributed by atoms with Crippen molar-refractivity contribution in [2.45, 2.75) is 232 Å². The summed E-state index contributed by atoms with van der Waals surface area (Å²) in [6.45, 7) is 18.7. The van der Waals surface area contributed by atoms with E-state index in [1.165, 1.54) is 88.4 Å². The molecule has 2 rings (SSSR count). The molecule has 0 spiro atoms. The van der Waals surface area contributed by atoms with Gasteiger partial charge in [0.2, 0.25) is 5.91 Å². The third-order valence-electron chi connectivity index (χ3n) is 10.1. The quantitative estimate of drug-likeness (QED) is 0.0815. The highest BCUT2D eigenvalue weighted by Crippen LogP contribution is 2.32. The molecule has 8 heteroatoms. The second kappa shape index (κ2) is 21.0. The first-order valence-electron chi connectivity index (χ1n) is 20.2. The van der Waals surface area contributed by atoms with E-state index in [1.807, 2.05) is 0 Å². The fraction of sp³-hybridized carbons (Fsp3) is 0.927. The van der Waals surface area contributed by atoms with Crippen LogP contribution in [0, 0.1) is 0 Å². The van der Waals surface area contributed by atoms with Gasteiger partial charge in [-0.1, -0.05) is 103 Å². The SMILES string of the molecule is CCCCCCCCCCCCCCCCCCC(=O)N(CC(=O)OC1CC(C)(C)NC(C)(C)C1)CC(=O)OC1CC(C)(C)NC(C)(C)C1. The van der Waals surface area contributed by atoms with Crippen LogP contribution in [-0.2, 0) is 23.9 Å². The molecule has 0 aromatic heterocycles. The molecular formula is C41H77N3O5. The summed E-state index contributed by atoms with van der Waals surface area (Å²) in [4.78, 5) is 41.2.